The van der Waals surface area contributed by atoms with E-state index in [-0.39, 0.29) is 0 Å². The second-order valence-electron chi connectivity index (χ2n) is 4.90. The lowest BCUT2D eigenvalue weighted by Crippen LogP contribution is -2.38. The number of amides is 1. The summed E-state index contributed by atoms with van der Waals surface area (Å²) in [5.74, 6) is 0.0682. The first kappa shape index (κ1) is 19.9. The molecule has 0 saturated heterocycles. The van der Waals surface area contributed by atoms with Crippen molar-refractivity contribution in [1.29, 1.82) is 0 Å². The minimum atomic E-state index is -0.728. The van der Waals surface area contributed by atoms with Gasteiger partial charge in [0.25, 0.3) is 0 Å². The Morgan fingerprint density at radius 2 is 2.25 bits per heavy atom. The van der Waals surface area contributed by atoms with Gasteiger partial charge in [0.15, 0.2) is 0 Å². The molecule has 0 bridgehead atoms. The van der Waals surface area contributed by atoms with Gasteiger partial charge in [-0.05, 0) is 19.1 Å². The van der Waals surface area contributed by atoms with Crippen LogP contribution in [0.1, 0.15) is 18.3 Å². The van der Waals surface area contributed by atoms with Crippen LogP contribution in [0.15, 0.2) is 48.0 Å². The van der Waals surface area contributed by atoms with Crippen molar-refractivity contribution in [3.63, 3.8) is 0 Å². The van der Waals surface area contributed by atoms with Crippen LogP contribution in [0.2, 0.25) is 0 Å². The van der Waals surface area contributed by atoms with Crippen molar-refractivity contribution in [2.45, 2.75) is 25.1 Å². The number of ether oxygens (including phenoxy) is 1. The van der Waals surface area contributed by atoms with Gasteiger partial charge in [-0.2, -0.15) is 0 Å². The Bertz CT molecular complexity index is 602. The average molecular weight is 348 g/mol. The average Bonchev–Trinajstić information content (AvgIpc) is 2.57. The molecule has 130 valence electrons. The highest BCUT2D eigenvalue weighted by Gasteiger charge is 2.11. The van der Waals surface area contributed by atoms with Crippen LogP contribution in [0, 0.1) is 0 Å². The Kier molecular flexibility index (Phi) is 9.48. The number of aromatic nitrogens is 1. The van der Waals surface area contributed by atoms with Crippen molar-refractivity contribution in [2.24, 2.45) is 16.5 Å². The van der Waals surface area contributed by atoms with Crippen molar-refractivity contribution < 1.29 is 9.53 Å². The van der Waals surface area contributed by atoms with Gasteiger partial charge >= 0.3 is 0 Å². The molecule has 0 aliphatic rings. The number of primary amides is 1. The summed E-state index contributed by atoms with van der Waals surface area (Å²) in [5, 5.41) is 0.592. The van der Waals surface area contributed by atoms with Gasteiger partial charge in [0, 0.05) is 17.9 Å². The fourth-order valence-electron chi connectivity index (χ4n) is 1.68. The molecule has 1 heterocycles. The zero-order valence-corrected chi connectivity index (χ0v) is 14.7. The molecule has 1 aromatic heterocycles. The summed E-state index contributed by atoms with van der Waals surface area (Å²) < 4.78 is 5.54. The summed E-state index contributed by atoms with van der Waals surface area (Å²) in [6, 6.07) is 4.89. The summed E-state index contributed by atoms with van der Waals surface area (Å²) in [4.78, 5) is 19.9. The molecule has 1 aromatic rings. The van der Waals surface area contributed by atoms with Crippen LogP contribution in [-0.2, 0) is 21.7 Å². The van der Waals surface area contributed by atoms with E-state index in [4.69, 9.17) is 16.2 Å². The first-order chi connectivity index (χ1) is 11.6. The lowest BCUT2D eigenvalue weighted by Gasteiger charge is -2.09. The zero-order chi connectivity index (χ0) is 17.8. The number of pyridine rings is 1. The normalized spacial score (nSPS) is 13.0. The number of aliphatic imine (C=N–C) groups is 1. The number of hydrogen-bond acceptors (Lipinski definition) is 6. The van der Waals surface area contributed by atoms with Gasteiger partial charge in [0.2, 0.25) is 11.1 Å². The van der Waals surface area contributed by atoms with Crippen molar-refractivity contribution in [2.75, 3.05) is 13.2 Å². The van der Waals surface area contributed by atoms with E-state index in [1.165, 1.54) is 11.8 Å². The Hall–Kier alpha value is -2.12. The minimum absolute atomic E-state index is 0.322. The van der Waals surface area contributed by atoms with Crippen molar-refractivity contribution in [3.8, 4) is 0 Å². The van der Waals surface area contributed by atoms with E-state index in [9.17, 15) is 4.79 Å². The van der Waals surface area contributed by atoms with Crippen LogP contribution in [0.3, 0.4) is 0 Å². The molecule has 24 heavy (non-hydrogen) atoms. The molecule has 0 aromatic carbocycles. The second-order valence-corrected chi connectivity index (χ2v) is 5.82. The van der Waals surface area contributed by atoms with E-state index in [1.54, 1.807) is 6.08 Å². The summed E-state index contributed by atoms with van der Waals surface area (Å²) in [6.45, 7) is 6.55. The molecule has 4 N–H and O–H groups in total. The Morgan fingerprint density at radius 1 is 1.50 bits per heavy atom. The smallest absolute Gasteiger partial charge is 0.246 e. The summed E-state index contributed by atoms with van der Waals surface area (Å²) in [5.41, 5.74) is 12.4. The fraction of sp³-hybridized carbons (Fsp3) is 0.353. The first-order valence-electron chi connectivity index (χ1n) is 7.58. The Labute approximate surface area is 147 Å². The van der Waals surface area contributed by atoms with Crippen LogP contribution in [0.4, 0.5) is 0 Å². The third-order valence-corrected chi connectivity index (χ3v) is 3.82. The lowest BCUT2D eigenvalue weighted by molar-refractivity contribution is -0.119. The van der Waals surface area contributed by atoms with Crippen LogP contribution >= 0.6 is 11.8 Å². The molecule has 0 spiro atoms. The molecule has 0 aliphatic carbocycles. The maximum absolute atomic E-state index is 11.0. The number of thioether (sulfide) groups is 1. The van der Waals surface area contributed by atoms with E-state index < -0.39 is 11.9 Å². The maximum Gasteiger partial charge on any atom is 0.246 e. The molecule has 0 fully saturated rings. The number of rotatable bonds is 9. The molecule has 0 saturated carbocycles. The summed E-state index contributed by atoms with van der Waals surface area (Å²) in [6.07, 6.45) is 5.88. The minimum Gasteiger partial charge on any atom is -0.469 e. The Morgan fingerprint density at radius 3 is 2.92 bits per heavy atom. The Balaban J connectivity index is 2.67. The predicted octanol–water partition coefficient (Wildman–Crippen LogP) is 1.80. The van der Waals surface area contributed by atoms with Gasteiger partial charge < -0.3 is 16.2 Å². The van der Waals surface area contributed by atoms with Gasteiger partial charge in [-0.25, -0.2) is 4.99 Å². The molecular formula is C17H24N4O2S. The van der Waals surface area contributed by atoms with Crippen molar-refractivity contribution in [1.82, 2.24) is 4.98 Å². The summed E-state index contributed by atoms with van der Waals surface area (Å²) >= 11 is 1.46. The molecule has 6 nitrogen and oxygen atoms in total. The van der Waals surface area contributed by atoms with Gasteiger partial charge in [0.05, 0.1) is 18.3 Å². The zero-order valence-electron chi connectivity index (χ0n) is 13.9. The maximum atomic E-state index is 11.0. The van der Waals surface area contributed by atoms with Gasteiger partial charge in [-0.3, -0.25) is 9.78 Å². The standard InChI is InChI=1S/C17H24N4O2S/c1-3-5-9-20-17(23-10-4-2)24-12-14-8-6-7-13(21-14)11-15(18)16(19)22/h3-8,15H,2,9-12,18H2,1H3,(H2,19,22)/b5-3-,20-17?. The van der Waals surface area contributed by atoms with E-state index in [0.717, 1.165) is 11.4 Å². The third kappa shape index (κ3) is 7.94. The van der Waals surface area contributed by atoms with Crippen LogP contribution in [0.5, 0.6) is 0 Å². The highest BCUT2D eigenvalue weighted by Crippen LogP contribution is 2.14. The number of allylic oxidation sites excluding steroid dienone is 1. The van der Waals surface area contributed by atoms with E-state index in [1.807, 2.05) is 37.3 Å². The third-order valence-electron chi connectivity index (χ3n) is 2.89. The van der Waals surface area contributed by atoms with E-state index in [2.05, 4.69) is 16.6 Å². The largest absolute Gasteiger partial charge is 0.469 e. The number of nitrogens with zero attached hydrogens (tertiary/aromatic N) is 2. The molecule has 0 radical (unpaired) electrons. The molecule has 1 unspecified atom stereocenters. The SMILES string of the molecule is C=CCOC(=NC/C=C\C)SCc1cccc(CC(N)C(N)=O)n1. The lowest BCUT2D eigenvalue weighted by atomic mass is 10.1. The highest BCUT2D eigenvalue weighted by molar-refractivity contribution is 8.12. The quantitative estimate of drug-likeness (QED) is 0.402. The van der Waals surface area contributed by atoms with Gasteiger partial charge in [-0.15, -0.1) is 0 Å². The van der Waals surface area contributed by atoms with E-state index in [0.29, 0.717) is 30.6 Å². The number of hydrogen-bond donors (Lipinski definition) is 2. The highest BCUT2D eigenvalue weighted by atomic mass is 32.2. The number of carbonyl (C=O) groups excluding carboxylic acids is 1. The molecule has 1 amide bonds. The van der Waals surface area contributed by atoms with Crippen LogP contribution in [-0.4, -0.2) is 35.3 Å². The molecule has 7 heteroatoms. The van der Waals surface area contributed by atoms with Crippen molar-refractivity contribution in [3.05, 3.63) is 54.4 Å². The molecule has 0 aliphatic heterocycles. The van der Waals surface area contributed by atoms with Crippen LogP contribution < -0.4 is 11.5 Å². The second kappa shape index (κ2) is 11.4. The van der Waals surface area contributed by atoms with Crippen molar-refractivity contribution >= 4 is 22.9 Å². The molecule has 1 rings (SSSR count). The topological polar surface area (TPSA) is 104 Å². The van der Waals surface area contributed by atoms with Gasteiger partial charge in [-0.1, -0.05) is 42.6 Å². The van der Waals surface area contributed by atoms with E-state index >= 15 is 0 Å². The fourth-order valence-corrected chi connectivity index (χ4v) is 2.43. The number of carbonyl (C=O) groups is 1. The monoisotopic (exact) mass is 348 g/mol. The predicted molar refractivity (Wildman–Crippen MR) is 99.7 cm³/mol. The molecular weight excluding hydrogens is 324 g/mol. The summed E-state index contributed by atoms with van der Waals surface area (Å²) in [7, 11) is 0. The first-order valence-corrected chi connectivity index (χ1v) is 8.57. The molecule has 1 atom stereocenters. The number of nitrogens with two attached hydrogens (primary N) is 2. The van der Waals surface area contributed by atoms with Crippen LogP contribution in [0.25, 0.3) is 0 Å². The van der Waals surface area contributed by atoms with Gasteiger partial charge in [0.1, 0.15) is 6.61 Å².